The smallest absolute Gasteiger partial charge is 0.100 e. The van der Waals surface area contributed by atoms with Gasteiger partial charge in [0.15, 0.2) is 0 Å². The minimum atomic E-state index is 0.894. The van der Waals surface area contributed by atoms with Gasteiger partial charge in [-0.25, -0.2) is 0 Å². The van der Waals surface area contributed by atoms with E-state index in [9.17, 15) is 0 Å². The first kappa shape index (κ1) is 9.29. The summed E-state index contributed by atoms with van der Waals surface area (Å²) in [5.74, 6) is 1.23. The molecule has 1 saturated heterocycles. The Balaban J connectivity index is 2.04. The molecular formula is C16H14O. The molecule has 0 atom stereocenters. The molecule has 0 N–H and O–H groups in total. The molecule has 0 aromatic heterocycles. The van der Waals surface area contributed by atoms with Crippen LogP contribution in [0.3, 0.4) is 0 Å². The van der Waals surface area contributed by atoms with E-state index in [1.807, 2.05) is 0 Å². The van der Waals surface area contributed by atoms with Crippen molar-refractivity contribution in [3.63, 3.8) is 0 Å². The molecule has 1 aliphatic heterocycles. The fraction of sp³-hybridized carbons (Fsp3) is 0.250. The molecule has 0 radical (unpaired) electrons. The Morgan fingerprint density at radius 3 is 2.71 bits per heavy atom. The third-order valence-corrected chi connectivity index (χ3v) is 3.84. The van der Waals surface area contributed by atoms with Crippen LogP contribution in [0.4, 0.5) is 0 Å². The first-order valence-corrected chi connectivity index (χ1v) is 6.29. The molecule has 1 heteroatoms. The number of benzene rings is 2. The number of hydrogen-bond acceptors (Lipinski definition) is 1. The molecule has 2 aromatic carbocycles. The normalized spacial score (nSPS) is 22.1. The zero-order valence-corrected chi connectivity index (χ0v) is 9.70. The molecule has 0 saturated carbocycles. The zero-order chi connectivity index (χ0) is 11.2. The Labute approximate surface area is 101 Å². The maximum atomic E-state index is 5.78. The minimum Gasteiger partial charge on any atom is -0.498 e. The van der Waals surface area contributed by atoms with Crippen LogP contribution >= 0.6 is 0 Å². The molecule has 1 nitrogen and oxygen atoms in total. The van der Waals surface area contributed by atoms with Gasteiger partial charge in [-0.15, -0.1) is 0 Å². The first-order chi connectivity index (χ1) is 8.43. The second-order valence-electron chi connectivity index (χ2n) is 4.85. The van der Waals surface area contributed by atoms with E-state index in [1.54, 1.807) is 0 Å². The third-order valence-electron chi connectivity index (χ3n) is 3.84. The highest BCUT2D eigenvalue weighted by molar-refractivity contribution is 6.01. The Hall–Kier alpha value is -1.76. The monoisotopic (exact) mass is 222 g/mol. The van der Waals surface area contributed by atoms with E-state index in [-0.39, 0.29) is 0 Å². The van der Waals surface area contributed by atoms with Crippen LogP contribution in [0.25, 0.3) is 16.3 Å². The highest BCUT2D eigenvalue weighted by atomic mass is 16.5. The van der Waals surface area contributed by atoms with Gasteiger partial charge in [-0.2, -0.15) is 0 Å². The molecule has 0 spiro atoms. The van der Waals surface area contributed by atoms with Crippen molar-refractivity contribution in [1.82, 2.24) is 0 Å². The fourth-order valence-electron chi connectivity index (χ4n) is 3.09. The highest BCUT2D eigenvalue weighted by Crippen LogP contribution is 2.41. The molecule has 0 bridgehead atoms. The topological polar surface area (TPSA) is 9.23 Å². The molecule has 1 aliphatic carbocycles. The summed E-state index contributed by atoms with van der Waals surface area (Å²) in [6, 6.07) is 13.2. The molecule has 1 heterocycles. The van der Waals surface area contributed by atoms with Crippen molar-refractivity contribution in [2.75, 3.05) is 6.61 Å². The lowest BCUT2D eigenvalue weighted by Crippen LogP contribution is -1.88. The quantitative estimate of drug-likeness (QED) is 0.656. The second-order valence-corrected chi connectivity index (χ2v) is 4.85. The molecule has 2 aromatic rings. The Kier molecular flexibility index (Phi) is 1.84. The Morgan fingerprint density at radius 1 is 1.00 bits per heavy atom. The number of ether oxygens (including phenoxy) is 1. The molecule has 1 fully saturated rings. The predicted octanol–water partition coefficient (Wildman–Crippen LogP) is 3.92. The van der Waals surface area contributed by atoms with Gasteiger partial charge in [-0.05, 0) is 28.3 Å². The van der Waals surface area contributed by atoms with Gasteiger partial charge in [0.2, 0.25) is 0 Å². The summed E-state index contributed by atoms with van der Waals surface area (Å²) in [4.78, 5) is 0. The van der Waals surface area contributed by atoms with Crippen molar-refractivity contribution < 1.29 is 4.74 Å². The summed E-state index contributed by atoms with van der Waals surface area (Å²) in [7, 11) is 0. The number of hydrogen-bond donors (Lipinski definition) is 0. The average molecular weight is 222 g/mol. The molecular weight excluding hydrogens is 208 g/mol. The lowest BCUT2D eigenvalue weighted by molar-refractivity contribution is 0.264. The van der Waals surface area contributed by atoms with Crippen molar-refractivity contribution in [2.24, 2.45) is 0 Å². The standard InChI is InChI=1S/C16H14O/c1-4-11-5-2-7-13-14(15-8-3-9-17-15)10-12(6-1)16(11)13/h1-2,4-7H,3,8-10H2. The highest BCUT2D eigenvalue weighted by Gasteiger charge is 2.23. The van der Waals surface area contributed by atoms with E-state index in [0.717, 1.165) is 19.4 Å². The van der Waals surface area contributed by atoms with Gasteiger partial charge in [0.05, 0.1) is 6.61 Å². The number of rotatable bonds is 0. The second kappa shape index (κ2) is 3.36. The van der Waals surface area contributed by atoms with Crippen LogP contribution in [0.2, 0.25) is 0 Å². The lowest BCUT2D eigenvalue weighted by Gasteiger charge is -2.05. The van der Waals surface area contributed by atoms with E-state index in [0.29, 0.717) is 0 Å². The van der Waals surface area contributed by atoms with Gasteiger partial charge in [0.1, 0.15) is 5.76 Å². The van der Waals surface area contributed by atoms with Crippen molar-refractivity contribution in [3.8, 4) is 0 Å². The summed E-state index contributed by atoms with van der Waals surface area (Å²) < 4.78 is 5.78. The largest absolute Gasteiger partial charge is 0.498 e. The summed E-state index contributed by atoms with van der Waals surface area (Å²) in [5, 5.41) is 2.79. The van der Waals surface area contributed by atoms with Crippen LogP contribution in [0.5, 0.6) is 0 Å². The van der Waals surface area contributed by atoms with Gasteiger partial charge in [0.25, 0.3) is 0 Å². The van der Waals surface area contributed by atoms with E-state index >= 15 is 0 Å². The Bertz CT molecular complexity index is 624. The van der Waals surface area contributed by atoms with Crippen LogP contribution in [-0.4, -0.2) is 6.61 Å². The summed E-state index contributed by atoms with van der Waals surface area (Å²) in [5.41, 5.74) is 4.28. The average Bonchev–Trinajstić information content (AvgIpc) is 2.98. The van der Waals surface area contributed by atoms with Crippen molar-refractivity contribution in [3.05, 3.63) is 53.3 Å². The fourth-order valence-corrected chi connectivity index (χ4v) is 3.09. The van der Waals surface area contributed by atoms with E-state index in [1.165, 1.54) is 39.7 Å². The Morgan fingerprint density at radius 2 is 1.88 bits per heavy atom. The maximum absolute atomic E-state index is 5.78. The van der Waals surface area contributed by atoms with Crippen LogP contribution in [0.1, 0.15) is 24.0 Å². The zero-order valence-electron chi connectivity index (χ0n) is 9.70. The summed E-state index contributed by atoms with van der Waals surface area (Å²) in [6.45, 7) is 0.894. The van der Waals surface area contributed by atoms with Crippen molar-refractivity contribution >= 4 is 16.3 Å². The van der Waals surface area contributed by atoms with Crippen LogP contribution in [0, 0.1) is 0 Å². The maximum Gasteiger partial charge on any atom is 0.100 e. The van der Waals surface area contributed by atoms with Crippen LogP contribution < -0.4 is 0 Å². The SMILES string of the molecule is c1cc2c3c(cccc3c1)C(=C1CCCO1)C2. The van der Waals surface area contributed by atoms with Gasteiger partial charge in [-0.3, -0.25) is 0 Å². The van der Waals surface area contributed by atoms with Gasteiger partial charge in [0, 0.05) is 18.4 Å². The molecule has 0 unspecified atom stereocenters. The molecule has 4 rings (SSSR count). The van der Waals surface area contributed by atoms with E-state index in [4.69, 9.17) is 4.74 Å². The molecule has 2 aliphatic rings. The van der Waals surface area contributed by atoms with Crippen molar-refractivity contribution in [1.29, 1.82) is 0 Å². The third kappa shape index (κ3) is 1.25. The minimum absolute atomic E-state index is 0.894. The number of allylic oxidation sites excluding steroid dienone is 2. The lowest BCUT2D eigenvalue weighted by atomic mass is 10.0. The molecule has 84 valence electrons. The molecule has 17 heavy (non-hydrogen) atoms. The van der Waals surface area contributed by atoms with Crippen LogP contribution in [0.15, 0.2) is 42.2 Å². The van der Waals surface area contributed by atoms with E-state index < -0.39 is 0 Å². The van der Waals surface area contributed by atoms with Crippen molar-refractivity contribution in [2.45, 2.75) is 19.3 Å². The van der Waals surface area contributed by atoms with Gasteiger partial charge >= 0.3 is 0 Å². The summed E-state index contributed by atoms with van der Waals surface area (Å²) >= 11 is 0. The first-order valence-electron chi connectivity index (χ1n) is 6.29. The van der Waals surface area contributed by atoms with Gasteiger partial charge < -0.3 is 4.74 Å². The van der Waals surface area contributed by atoms with E-state index in [2.05, 4.69) is 36.4 Å². The summed E-state index contributed by atoms with van der Waals surface area (Å²) in [6.07, 6.45) is 3.33. The van der Waals surface area contributed by atoms with Gasteiger partial charge in [-0.1, -0.05) is 36.4 Å². The molecule has 0 amide bonds. The van der Waals surface area contributed by atoms with Crippen LogP contribution in [-0.2, 0) is 11.2 Å². The predicted molar refractivity (Wildman–Crippen MR) is 69.8 cm³/mol.